The number of carbonyl (C=O) groups is 2. The fourth-order valence-corrected chi connectivity index (χ4v) is 3.17. The summed E-state index contributed by atoms with van der Waals surface area (Å²) in [5.41, 5.74) is 2.20. The molecule has 0 fully saturated rings. The topological polar surface area (TPSA) is 71.6 Å². The lowest BCUT2D eigenvalue weighted by Gasteiger charge is -2.20. The molecule has 1 N–H and O–H groups in total. The molecule has 0 aliphatic carbocycles. The van der Waals surface area contributed by atoms with Crippen LogP contribution in [0.5, 0.6) is 0 Å². The molecule has 2 rings (SSSR count). The van der Waals surface area contributed by atoms with Crippen LogP contribution in [0.2, 0.25) is 5.02 Å². The van der Waals surface area contributed by atoms with Crippen LogP contribution in [0.1, 0.15) is 66.7 Å². The molecule has 1 aromatic carbocycles. The molecule has 2 aromatic rings. The number of nitrogens with zero attached hydrogens (tertiary/aromatic N) is 1. The summed E-state index contributed by atoms with van der Waals surface area (Å²) in [4.78, 5) is 30.5. The van der Waals surface area contributed by atoms with Crippen LogP contribution < -0.4 is 4.90 Å². The third-order valence-corrected chi connectivity index (χ3v) is 4.53. The average Bonchev–Trinajstić information content (AvgIpc) is 2.99. The molecular weight excluding hydrogens is 392 g/mol. The van der Waals surface area contributed by atoms with Crippen LogP contribution in [-0.4, -0.2) is 36.2 Å². The normalized spacial score (nSPS) is 11.3. The van der Waals surface area contributed by atoms with Crippen LogP contribution in [0.4, 0.5) is 5.69 Å². The zero-order valence-corrected chi connectivity index (χ0v) is 18.6. The zero-order valence-electron chi connectivity index (χ0n) is 17.9. The Morgan fingerprint density at radius 2 is 1.72 bits per heavy atom. The molecule has 0 amide bonds. The number of nitrogens with one attached hydrogen (secondary N) is 1. The number of aromatic nitrogens is 1. The van der Waals surface area contributed by atoms with Crippen molar-refractivity contribution in [2.45, 2.75) is 53.2 Å². The highest BCUT2D eigenvalue weighted by Gasteiger charge is 2.29. The molecule has 1 aromatic heterocycles. The molecule has 0 unspecified atom stereocenters. The van der Waals surface area contributed by atoms with Crippen LogP contribution in [0.25, 0.3) is 0 Å². The second-order valence-electron chi connectivity index (χ2n) is 7.74. The van der Waals surface area contributed by atoms with E-state index in [0.29, 0.717) is 40.5 Å². The summed E-state index contributed by atoms with van der Waals surface area (Å²) in [6.07, 6.45) is 0.490. The second-order valence-corrected chi connectivity index (χ2v) is 8.18. The molecule has 0 aliphatic rings. The van der Waals surface area contributed by atoms with Crippen molar-refractivity contribution >= 4 is 29.2 Å². The van der Waals surface area contributed by atoms with Crippen LogP contribution in [-0.2, 0) is 22.4 Å². The van der Waals surface area contributed by atoms with E-state index in [9.17, 15) is 9.59 Å². The number of halogens is 1. The van der Waals surface area contributed by atoms with Crippen molar-refractivity contribution in [2.75, 3.05) is 18.6 Å². The number of rotatable bonds is 7. The standard InChI is InChI=1S/C22H29ClN2O4/c1-7-16-18(20(26)28-8-2)17(24-19(16)21(27)29-22(3,4)5)13-25(6)15-11-9-14(23)10-12-15/h9-12,24H,7-8,13H2,1-6H3. The van der Waals surface area contributed by atoms with Gasteiger partial charge in [-0.1, -0.05) is 18.5 Å². The largest absolute Gasteiger partial charge is 0.462 e. The number of carbonyl (C=O) groups excluding carboxylic acids is 2. The Kier molecular flexibility index (Phi) is 7.36. The van der Waals surface area contributed by atoms with E-state index in [0.717, 1.165) is 5.69 Å². The summed E-state index contributed by atoms with van der Waals surface area (Å²) < 4.78 is 10.8. The van der Waals surface area contributed by atoms with Gasteiger partial charge in [-0.25, -0.2) is 9.59 Å². The summed E-state index contributed by atoms with van der Waals surface area (Å²) in [6, 6.07) is 7.39. The monoisotopic (exact) mass is 420 g/mol. The van der Waals surface area contributed by atoms with E-state index in [4.69, 9.17) is 21.1 Å². The maximum Gasteiger partial charge on any atom is 0.355 e. The van der Waals surface area contributed by atoms with Crippen molar-refractivity contribution in [1.29, 1.82) is 0 Å². The molecule has 0 aliphatic heterocycles. The number of hydrogen-bond donors (Lipinski definition) is 1. The van der Waals surface area contributed by atoms with Gasteiger partial charge in [-0.05, 0) is 63.9 Å². The summed E-state index contributed by atoms with van der Waals surface area (Å²) in [5, 5.41) is 0.648. The molecule has 29 heavy (non-hydrogen) atoms. The molecule has 1 heterocycles. The first kappa shape index (κ1) is 22.8. The predicted molar refractivity (Wildman–Crippen MR) is 115 cm³/mol. The summed E-state index contributed by atoms with van der Waals surface area (Å²) >= 11 is 5.97. The lowest BCUT2D eigenvalue weighted by atomic mass is 10.1. The predicted octanol–water partition coefficient (Wildman–Crippen LogP) is 5.00. The van der Waals surface area contributed by atoms with Crippen molar-refractivity contribution in [2.24, 2.45) is 0 Å². The molecule has 0 atom stereocenters. The number of esters is 2. The number of anilines is 1. The molecule has 6 nitrogen and oxygen atoms in total. The van der Waals surface area contributed by atoms with Crippen molar-refractivity contribution in [1.82, 2.24) is 4.98 Å². The lowest BCUT2D eigenvalue weighted by Crippen LogP contribution is -2.24. The van der Waals surface area contributed by atoms with Gasteiger partial charge in [0.2, 0.25) is 0 Å². The van der Waals surface area contributed by atoms with Gasteiger partial charge in [0.05, 0.1) is 24.4 Å². The quantitative estimate of drug-likeness (QED) is 0.638. The van der Waals surface area contributed by atoms with Gasteiger partial charge >= 0.3 is 11.9 Å². The zero-order chi connectivity index (χ0) is 21.8. The van der Waals surface area contributed by atoms with Gasteiger partial charge in [-0.15, -0.1) is 0 Å². The van der Waals surface area contributed by atoms with E-state index in [2.05, 4.69) is 4.98 Å². The van der Waals surface area contributed by atoms with Crippen LogP contribution in [0.3, 0.4) is 0 Å². The van der Waals surface area contributed by atoms with Crippen molar-refractivity contribution < 1.29 is 19.1 Å². The summed E-state index contributed by atoms with van der Waals surface area (Å²) in [6.45, 7) is 9.70. The average molecular weight is 421 g/mol. The maximum absolute atomic E-state index is 12.7. The van der Waals surface area contributed by atoms with Gasteiger partial charge in [0.15, 0.2) is 0 Å². The van der Waals surface area contributed by atoms with Gasteiger partial charge in [0, 0.05) is 17.8 Å². The number of aromatic amines is 1. The summed E-state index contributed by atoms with van der Waals surface area (Å²) in [7, 11) is 1.90. The summed E-state index contributed by atoms with van der Waals surface area (Å²) in [5.74, 6) is -0.935. The van der Waals surface area contributed by atoms with E-state index in [-0.39, 0.29) is 6.61 Å². The molecule has 0 saturated heterocycles. The first-order valence-electron chi connectivity index (χ1n) is 9.68. The Balaban J connectivity index is 2.46. The molecule has 7 heteroatoms. The van der Waals surface area contributed by atoms with Crippen LogP contribution >= 0.6 is 11.6 Å². The second kappa shape index (κ2) is 9.35. The maximum atomic E-state index is 12.7. The molecule has 0 spiro atoms. The van der Waals surface area contributed by atoms with E-state index < -0.39 is 17.5 Å². The Bertz CT molecular complexity index is 866. The van der Waals surface area contributed by atoms with Gasteiger partial charge in [-0.2, -0.15) is 0 Å². The van der Waals surface area contributed by atoms with Gasteiger partial charge in [-0.3, -0.25) is 0 Å². The first-order valence-corrected chi connectivity index (χ1v) is 10.1. The molecule has 0 saturated carbocycles. The smallest absolute Gasteiger partial charge is 0.355 e. The Morgan fingerprint density at radius 3 is 2.24 bits per heavy atom. The fraction of sp³-hybridized carbons (Fsp3) is 0.455. The van der Waals surface area contributed by atoms with Crippen LogP contribution in [0, 0.1) is 0 Å². The van der Waals surface area contributed by atoms with E-state index in [1.165, 1.54) is 0 Å². The Hall–Kier alpha value is -2.47. The van der Waals surface area contributed by atoms with E-state index >= 15 is 0 Å². The van der Waals surface area contributed by atoms with Crippen molar-refractivity contribution in [3.63, 3.8) is 0 Å². The number of H-pyrrole nitrogens is 1. The molecular formula is C22H29ClN2O4. The molecule has 0 bridgehead atoms. The number of ether oxygens (including phenoxy) is 2. The van der Waals surface area contributed by atoms with Crippen molar-refractivity contribution in [3.8, 4) is 0 Å². The van der Waals surface area contributed by atoms with Gasteiger partial charge in [0.25, 0.3) is 0 Å². The minimum Gasteiger partial charge on any atom is -0.462 e. The van der Waals surface area contributed by atoms with Gasteiger partial charge < -0.3 is 19.4 Å². The van der Waals surface area contributed by atoms with E-state index in [1.54, 1.807) is 39.8 Å². The fourth-order valence-electron chi connectivity index (χ4n) is 3.05. The number of benzene rings is 1. The van der Waals surface area contributed by atoms with Crippen molar-refractivity contribution in [3.05, 3.63) is 51.8 Å². The third kappa shape index (κ3) is 5.76. The third-order valence-electron chi connectivity index (χ3n) is 4.28. The lowest BCUT2D eigenvalue weighted by molar-refractivity contribution is 0.00622. The van der Waals surface area contributed by atoms with Gasteiger partial charge in [0.1, 0.15) is 11.3 Å². The Morgan fingerprint density at radius 1 is 1.10 bits per heavy atom. The first-order chi connectivity index (χ1) is 13.6. The highest BCUT2D eigenvalue weighted by Crippen LogP contribution is 2.26. The van der Waals surface area contributed by atoms with Crippen LogP contribution in [0.15, 0.2) is 24.3 Å². The highest BCUT2D eigenvalue weighted by atomic mass is 35.5. The SMILES string of the molecule is CCOC(=O)c1c(CN(C)c2ccc(Cl)cc2)[nH]c(C(=O)OC(C)(C)C)c1CC. The molecule has 0 radical (unpaired) electrons. The number of hydrogen-bond acceptors (Lipinski definition) is 5. The Labute approximate surface area is 177 Å². The minimum absolute atomic E-state index is 0.251. The molecule has 158 valence electrons. The minimum atomic E-state index is -0.641. The van der Waals surface area contributed by atoms with E-state index in [1.807, 2.05) is 31.0 Å². The highest BCUT2D eigenvalue weighted by molar-refractivity contribution is 6.30.